The lowest BCUT2D eigenvalue weighted by atomic mass is 10.4. The molecule has 3 rings (SSSR count). The SMILES string of the molecule is COC(=O)c1nc2cccnc2n1C1CC1. The van der Waals surface area contributed by atoms with E-state index in [1.54, 1.807) is 6.20 Å². The van der Waals surface area contributed by atoms with Crippen molar-refractivity contribution in [3.8, 4) is 0 Å². The summed E-state index contributed by atoms with van der Waals surface area (Å²) in [5.41, 5.74) is 1.51. The Bertz CT molecular complexity index is 557. The number of esters is 1. The normalized spacial score (nSPS) is 15.3. The molecule has 2 aromatic rings. The van der Waals surface area contributed by atoms with Crippen LogP contribution in [0.4, 0.5) is 0 Å². The second-order valence-corrected chi connectivity index (χ2v) is 3.87. The minimum Gasteiger partial charge on any atom is -0.463 e. The molecular formula is C11H11N3O2. The van der Waals surface area contributed by atoms with Gasteiger partial charge in [-0.05, 0) is 25.0 Å². The van der Waals surface area contributed by atoms with Crippen LogP contribution in [-0.4, -0.2) is 27.6 Å². The third kappa shape index (κ3) is 1.28. The van der Waals surface area contributed by atoms with Crippen molar-refractivity contribution in [2.75, 3.05) is 7.11 Å². The molecule has 1 saturated carbocycles. The zero-order valence-corrected chi connectivity index (χ0v) is 8.88. The van der Waals surface area contributed by atoms with E-state index in [1.165, 1.54) is 7.11 Å². The second kappa shape index (κ2) is 3.30. The zero-order chi connectivity index (χ0) is 11.1. The minimum atomic E-state index is -0.398. The Kier molecular flexibility index (Phi) is 1.92. The maximum absolute atomic E-state index is 11.6. The van der Waals surface area contributed by atoms with Crippen LogP contribution in [0.3, 0.4) is 0 Å². The van der Waals surface area contributed by atoms with Crippen LogP contribution in [0, 0.1) is 0 Å². The highest BCUT2D eigenvalue weighted by atomic mass is 16.5. The van der Waals surface area contributed by atoms with Crippen LogP contribution in [0.2, 0.25) is 0 Å². The summed E-state index contributed by atoms with van der Waals surface area (Å²) < 4.78 is 6.62. The number of rotatable bonds is 2. The van der Waals surface area contributed by atoms with Gasteiger partial charge >= 0.3 is 5.97 Å². The van der Waals surface area contributed by atoms with E-state index in [0.717, 1.165) is 24.0 Å². The fourth-order valence-corrected chi connectivity index (χ4v) is 1.84. The number of pyridine rings is 1. The van der Waals surface area contributed by atoms with Crippen LogP contribution >= 0.6 is 0 Å². The highest BCUT2D eigenvalue weighted by Gasteiger charge is 2.31. The number of methoxy groups -OCH3 is 1. The van der Waals surface area contributed by atoms with E-state index in [0.29, 0.717) is 11.9 Å². The summed E-state index contributed by atoms with van der Waals surface area (Å²) in [4.78, 5) is 20.1. The molecule has 0 bridgehead atoms. The minimum absolute atomic E-state index is 0.356. The highest BCUT2D eigenvalue weighted by molar-refractivity contribution is 5.90. The highest BCUT2D eigenvalue weighted by Crippen LogP contribution is 2.38. The fourth-order valence-electron chi connectivity index (χ4n) is 1.84. The van der Waals surface area contributed by atoms with Crippen LogP contribution < -0.4 is 0 Å². The average molecular weight is 217 g/mol. The quantitative estimate of drug-likeness (QED) is 0.716. The second-order valence-electron chi connectivity index (χ2n) is 3.87. The number of nitrogens with zero attached hydrogens (tertiary/aromatic N) is 3. The first kappa shape index (κ1) is 9.33. The number of fused-ring (bicyclic) bond motifs is 1. The van der Waals surface area contributed by atoms with Crippen molar-refractivity contribution in [2.24, 2.45) is 0 Å². The standard InChI is InChI=1S/C11H11N3O2/c1-16-11(15)10-13-8-3-2-6-12-9(8)14(10)7-4-5-7/h2-3,6-7H,4-5H2,1H3. The number of carbonyl (C=O) groups is 1. The number of hydrogen-bond acceptors (Lipinski definition) is 4. The van der Waals surface area contributed by atoms with Crippen LogP contribution in [0.1, 0.15) is 29.5 Å². The molecule has 1 fully saturated rings. The van der Waals surface area contributed by atoms with Gasteiger partial charge in [0.15, 0.2) is 5.65 Å². The van der Waals surface area contributed by atoms with Crippen molar-refractivity contribution < 1.29 is 9.53 Å². The van der Waals surface area contributed by atoms with Crippen molar-refractivity contribution in [1.82, 2.24) is 14.5 Å². The van der Waals surface area contributed by atoms with Crippen LogP contribution in [0.15, 0.2) is 18.3 Å². The van der Waals surface area contributed by atoms with Gasteiger partial charge in [0.05, 0.1) is 7.11 Å². The maximum atomic E-state index is 11.6. The van der Waals surface area contributed by atoms with E-state index in [-0.39, 0.29) is 0 Å². The Hall–Kier alpha value is -1.91. The predicted octanol–water partition coefficient (Wildman–Crippen LogP) is 1.55. The summed E-state index contributed by atoms with van der Waals surface area (Å²) in [5.74, 6) is -0.0383. The number of carbonyl (C=O) groups excluding carboxylic acids is 1. The Balaban J connectivity index is 2.26. The van der Waals surface area contributed by atoms with Crippen molar-refractivity contribution in [3.05, 3.63) is 24.2 Å². The Morgan fingerprint density at radius 3 is 3.06 bits per heavy atom. The summed E-state index contributed by atoms with van der Waals surface area (Å²) in [6.07, 6.45) is 3.86. The lowest BCUT2D eigenvalue weighted by Gasteiger charge is -2.04. The molecule has 0 N–H and O–H groups in total. The molecular weight excluding hydrogens is 206 g/mol. The molecule has 1 aliphatic rings. The Morgan fingerprint density at radius 2 is 2.38 bits per heavy atom. The molecule has 0 spiro atoms. The van der Waals surface area contributed by atoms with E-state index in [4.69, 9.17) is 4.74 Å². The van der Waals surface area contributed by atoms with Gasteiger partial charge in [-0.2, -0.15) is 0 Å². The first-order valence-corrected chi connectivity index (χ1v) is 5.22. The van der Waals surface area contributed by atoms with Crippen molar-refractivity contribution in [3.63, 3.8) is 0 Å². The molecule has 0 unspecified atom stereocenters. The summed E-state index contributed by atoms with van der Waals surface area (Å²) in [6.45, 7) is 0. The Labute approximate surface area is 92.1 Å². The lowest BCUT2D eigenvalue weighted by Crippen LogP contribution is -2.11. The molecule has 16 heavy (non-hydrogen) atoms. The number of ether oxygens (including phenoxy) is 1. The molecule has 5 heteroatoms. The maximum Gasteiger partial charge on any atom is 0.374 e. The number of aromatic nitrogens is 3. The monoisotopic (exact) mass is 217 g/mol. The van der Waals surface area contributed by atoms with Gasteiger partial charge in [-0.25, -0.2) is 14.8 Å². The van der Waals surface area contributed by atoms with Gasteiger partial charge in [0.2, 0.25) is 5.82 Å². The Morgan fingerprint density at radius 1 is 1.56 bits per heavy atom. The van der Waals surface area contributed by atoms with Crippen molar-refractivity contribution >= 4 is 17.1 Å². The van der Waals surface area contributed by atoms with Crippen LogP contribution in [0.5, 0.6) is 0 Å². The predicted molar refractivity (Wildman–Crippen MR) is 57.1 cm³/mol. The summed E-state index contributed by atoms with van der Waals surface area (Å²) in [5, 5.41) is 0. The number of hydrogen-bond donors (Lipinski definition) is 0. The van der Waals surface area contributed by atoms with E-state index in [9.17, 15) is 4.79 Å². The lowest BCUT2D eigenvalue weighted by molar-refractivity contribution is 0.0581. The van der Waals surface area contributed by atoms with Crippen LogP contribution in [-0.2, 0) is 4.74 Å². The summed E-state index contributed by atoms with van der Waals surface area (Å²) >= 11 is 0. The van der Waals surface area contributed by atoms with E-state index >= 15 is 0 Å². The third-order valence-corrected chi connectivity index (χ3v) is 2.73. The van der Waals surface area contributed by atoms with Crippen molar-refractivity contribution in [2.45, 2.75) is 18.9 Å². The smallest absolute Gasteiger partial charge is 0.374 e. The molecule has 0 atom stereocenters. The molecule has 0 aliphatic heterocycles. The van der Waals surface area contributed by atoms with Gasteiger partial charge in [0.1, 0.15) is 5.52 Å². The van der Waals surface area contributed by atoms with Gasteiger partial charge in [0.25, 0.3) is 0 Å². The van der Waals surface area contributed by atoms with E-state index < -0.39 is 5.97 Å². The zero-order valence-electron chi connectivity index (χ0n) is 8.88. The fraction of sp³-hybridized carbons (Fsp3) is 0.364. The molecule has 2 aromatic heterocycles. The van der Waals surface area contributed by atoms with Gasteiger partial charge in [-0.1, -0.05) is 0 Å². The summed E-state index contributed by atoms with van der Waals surface area (Å²) in [6, 6.07) is 4.02. The van der Waals surface area contributed by atoms with Gasteiger partial charge in [0, 0.05) is 12.2 Å². The first-order chi connectivity index (χ1) is 7.81. The molecule has 0 radical (unpaired) electrons. The average Bonchev–Trinajstić information content (AvgIpc) is 3.08. The first-order valence-electron chi connectivity index (χ1n) is 5.22. The molecule has 1 aliphatic carbocycles. The largest absolute Gasteiger partial charge is 0.463 e. The van der Waals surface area contributed by atoms with Crippen LogP contribution in [0.25, 0.3) is 11.2 Å². The van der Waals surface area contributed by atoms with Gasteiger partial charge in [-0.3, -0.25) is 4.57 Å². The molecule has 5 nitrogen and oxygen atoms in total. The molecule has 0 saturated heterocycles. The topological polar surface area (TPSA) is 57.0 Å². The molecule has 2 heterocycles. The van der Waals surface area contributed by atoms with E-state index in [2.05, 4.69) is 9.97 Å². The summed E-state index contributed by atoms with van der Waals surface area (Å²) in [7, 11) is 1.37. The molecule has 0 amide bonds. The van der Waals surface area contributed by atoms with Crippen molar-refractivity contribution in [1.29, 1.82) is 0 Å². The molecule has 82 valence electrons. The van der Waals surface area contributed by atoms with Gasteiger partial charge in [-0.15, -0.1) is 0 Å². The third-order valence-electron chi connectivity index (χ3n) is 2.73. The van der Waals surface area contributed by atoms with E-state index in [1.807, 2.05) is 16.7 Å². The van der Waals surface area contributed by atoms with Gasteiger partial charge < -0.3 is 4.74 Å². The number of imidazole rings is 1. The molecule has 0 aromatic carbocycles.